The molecule has 0 saturated heterocycles. The monoisotopic (exact) mass is 281 g/mol. The van der Waals surface area contributed by atoms with Gasteiger partial charge in [-0.15, -0.1) is 0 Å². The van der Waals surface area contributed by atoms with Gasteiger partial charge in [0, 0.05) is 12.5 Å². The van der Waals surface area contributed by atoms with Crippen molar-refractivity contribution in [3.63, 3.8) is 0 Å². The van der Waals surface area contributed by atoms with Gasteiger partial charge in [-0.1, -0.05) is 32.9 Å². The standard InChI is InChI=1S/C16H24FNO2/c1-11(2)15(19)10-18-16(20)12(3)7-8-13-5-4-6-14(17)9-13/h4-6,9,11-12,15,19H,7-8,10H2,1-3H3,(H,18,20). The first kappa shape index (κ1) is 16.6. The van der Waals surface area contributed by atoms with E-state index >= 15 is 0 Å². The van der Waals surface area contributed by atoms with Crippen LogP contribution in [0.1, 0.15) is 32.8 Å². The van der Waals surface area contributed by atoms with Crippen LogP contribution in [0.3, 0.4) is 0 Å². The summed E-state index contributed by atoms with van der Waals surface area (Å²) >= 11 is 0. The molecule has 2 N–H and O–H groups in total. The van der Waals surface area contributed by atoms with Crippen LogP contribution in [0.4, 0.5) is 4.39 Å². The van der Waals surface area contributed by atoms with Crippen LogP contribution < -0.4 is 5.32 Å². The zero-order valence-electron chi connectivity index (χ0n) is 12.4. The number of hydrogen-bond donors (Lipinski definition) is 2. The van der Waals surface area contributed by atoms with Crippen molar-refractivity contribution < 1.29 is 14.3 Å². The molecule has 0 bridgehead atoms. The molecule has 0 spiro atoms. The Morgan fingerprint density at radius 2 is 2.05 bits per heavy atom. The van der Waals surface area contributed by atoms with E-state index in [0.29, 0.717) is 12.8 Å². The summed E-state index contributed by atoms with van der Waals surface area (Å²) in [5, 5.41) is 12.4. The van der Waals surface area contributed by atoms with Gasteiger partial charge in [0.2, 0.25) is 5.91 Å². The zero-order chi connectivity index (χ0) is 15.1. The van der Waals surface area contributed by atoms with Crippen molar-refractivity contribution in [2.45, 2.75) is 39.7 Å². The number of aliphatic hydroxyl groups excluding tert-OH is 1. The summed E-state index contributed by atoms with van der Waals surface area (Å²) in [4.78, 5) is 11.9. The van der Waals surface area contributed by atoms with Gasteiger partial charge >= 0.3 is 0 Å². The van der Waals surface area contributed by atoms with E-state index in [4.69, 9.17) is 0 Å². The van der Waals surface area contributed by atoms with Gasteiger partial charge in [0.15, 0.2) is 0 Å². The van der Waals surface area contributed by atoms with Gasteiger partial charge in [-0.05, 0) is 36.5 Å². The smallest absolute Gasteiger partial charge is 0.222 e. The van der Waals surface area contributed by atoms with E-state index < -0.39 is 6.10 Å². The quantitative estimate of drug-likeness (QED) is 0.807. The first-order valence-corrected chi connectivity index (χ1v) is 7.10. The second-order valence-electron chi connectivity index (χ2n) is 5.63. The lowest BCUT2D eigenvalue weighted by atomic mass is 10.00. The summed E-state index contributed by atoms with van der Waals surface area (Å²) in [5.41, 5.74) is 0.895. The van der Waals surface area contributed by atoms with Crippen molar-refractivity contribution in [2.75, 3.05) is 6.54 Å². The third kappa shape index (κ3) is 5.70. The second-order valence-corrected chi connectivity index (χ2v) is 5.63. The number of rotatable bonds is 7. The maximum absolute atomic E-state index is 13.0. The van der Waals surface area contributed by atoms with E-state index in [2.05, 4.69) is 5.32 Å². The van der Waals surface area contributed by atoms with Gasteiger partial charge in [-0.3, -0.25) is 4.79 Å². The fraction of sp³-hybridized carbons (Fsp3) is 0.562. The highest BCUT2D eigenvalue weighted by Crippen LogP contribution is 2.11. The summed E-state index contributed by atoms with van der Waals surface area (Å²) in [5.74, 6) is -0.351. The molecule has 1 amide bonds. The van der Waals surface area contributed by atoms with Crippen LogP contribution in [0.15, 0.2) is 24.3 Å². The Morgan fingerprint density at radius 3 is 2.65 bits per heavy atom. The van der Waals surface area contributed by atoms with E-state index in [-0.39, 0.29) is 30.1 Å². The molecule has 4 heteroatoms. The zero-order valence-corrected chi connectivity index (χ0v) is 12.4. The SMILES string of the molecule is CC(CCc1cccc(F)c1)C(=O)NCC(O)C(C)C. The van der Waals surface area contributed by atoms with Crippen LogP contribution in [0.5, 0.6) is 0 Å². The van der Waals surface area contributed by atoms with Crippen molar-refractivity contribution in [3.05, 3.63) is 35.6 Å². The molecular formula is C16H24FNO2. The highest BCUT2D eigenvalue weighted by atomic mass is 19.1. The molecule has 20 heavy (non-hydrogen) atoms. The highest BCUT2D eigenvalue weighted by molar-refractivity contribution is 5.78. The Labute approximate surface area is 120 Å². The molecule has 0 saturated carbocycles. The van der Waals surface area contributed by atoms with E-state index in [1.807, 2.05) is 26.8 Å². The van der Waals surface area contributed by atoms with Gasteiger partial charge in [-0.2, -0.15) is 0 Å². The van der Waals surface area contributed by atoms with Crippen LogP contribution >= 0.6 is 0 Å². The Morgan fingerprint density at radius 1 is 1.35 bits per heavy atom. The molecule has 1 rings (SSSR count). The molecule has 2 unspecified atom stereocenters. The molecule has 0 fully saturated rings. The van der Waals surface area contributed by atoms with Crippen LogP contribution in [0, 0.1) is 17.7 Å². The highest BCUT2D eigenvalue weighted by Gasteiger charge is 2.15. The van der Waals surface area contributed by atoms with Gasteiger partial charge in [0.05, 0.1) is 6.10 Å². The van der Waals surface area contributed by atoms with E-state index in [1.54, 1.807) is 6.07 Å². The molecule has 0 aliphatic rings. The number of carbonyl (C=O) groups is 1. The summed E-state index contributed by atoms with van der Waals surface area (Å²) < 4.78 is 13.0. The van der Waals surface area contributed by atoms with Crippen molar-refractivity contribution in [2.24, 2.45) is 11.8 Å². The molecular weight excluding hydrogens is 257 g/mol. The summed E-state index contributed by atoms with van der Waals surface area (Å²) in [6, 6.07) is 6.44. The van der Waals surface area contributed by atoms with Crippen molar-refractivity contribution in [3.8, 4) is 0 Å². The van der Waals surface area contributed by atoms with Crippen molar-refractivity contribution >= 4 is 5.91 Å². The number of aryl methyl sites for hydroxylation is 1. The lowest BCUT2D eigenvalue weighted by Gasteiger charge is -2.17. The van der Waals surface area contributed by atoms with Gasteiger partial charge in [0.25, 0.3) is 0 Å². The Hall–Kier alpha value is -1.42. The Kier molecular flexibility index (Phi) is 6.65. The first-order valence-electron chi connectivity index (χ1n) is 7.10. The summed E-state index contributed by atoms with van der Waals surface area (Å²) in [6.45, 7) is 5.94. The Bertz CT molecular complexity index is 434. The molecule has 0 heterocycles. The average Bonchev–Trinajstić information content (AvgIpc) is 2.41. The fourth-order valence-corrected chi connectivity index (χ4v) is 1.82. The Balaban J connectivity index is 2.35. The topological polar surface area (TPSA) is 49.3 Å². The third-order valence-corrected chi connectivity index (χ3v) is 3.46. The average molecular weight is 281 g/mol. The second kappa shape index (κ2) is 8.00. The minimum absolute atomic E-state index is 0.0684. The van der Waals surface area contributed by atoms with E-state index in [1.165, 1.54) is 12.1 Å². The van der Waals surface area contributed by atoms with E-state index in [9.17, 15) is 14.3 Å². The van der Waals surface area contributed by atoms with Crippen molar-refractivity contribution in [1.29, 1.82) is 0 Å². The first-order chi connectivity index (χ1) is 9.40. The normalized spacial score (nSPS) is 14.1. The number of aliphatic hydroxyl groups is 1. The molecule has 2 atom stereocenters. The lowest BCUT2D eigenvalue weighted by molar-refractivity contribution is -0.125. The molecule has 0 radical (unpaired) electrons. The minimum Gasteiger partial charge on any atom is -0.391 e. The number of hydrogen-bond acceptors (Lipinski definition) is 2. The summed E-state index contributed by atoms with van der Waals surface area (Å²) in [6.07, 6.45) is 0.806. The molecule has 112 valence electrons. The third-order valence-electron chi connectivity index (χ3n) is 3.46. The summed E-state index contributed by atoms with van der Waals surface area (Å²) in [7, 11) is 0. The van der Waals surface area contributed by atoms with Crippen LogP contribution in [0.2, 0.25) is 0 Å². The maximum Gasteiger partial charge on any atom is 0.222 e. The minimum atomic E-state index is -0.519. The van der Waals surface area contributed by atoms with Gasteiger partial charge in [0.1, 0.15) is 5.82 Å². The number of carbonyl (C=O) groups excluding carboxylic acids is 1. The molecule has 3 nitrogen and oxygen atoms in total. The van der Waals surface area contributed by atoms with Gasteiger partial charge in [-0.25, -0.2) is 4.39 Å². The fourth-order valence-electron chi connectivity index (χ4n) is 1.82. The van der Waals surface area contributed by atoms with Gasteiger partial charge < -0.3 is 10.4 Å². The molecule has 0 aliphatic carbocycles. The number of halogens is 1. The number of nitrogens with one attached hydrogen (secondary N) is 1. The molecule has 0 aromatic heterocycles. The van der Waals surface area contributed by atoms with Crippen LogP contribution in [-0.2, 0) is 11.2 Å². The number of amides is 1. The number of benzene rings is 1. The van der Waals surface area contributed by atoms with E-state index in [0.717, 1.165) is 5.56 Å². The maximum atomic E-state index is 13.0. The molecule has 1 aromatic rings. The predicted molar refractivity (Wildman–Crippen MR) is 77.7 cm³/mol. The lowest BCUT2D eigenvalue weighted by Crippen LogP contribution is -2.37. The van der Waals surface area contributed by atoms with Crippen molar-refractivity contribution in [1.82, 2.24) is 5.32 Å². The molecule has 0 aliphatic heterocycles. The van der Waals surface area contributed by atoms with Crippen LogP contribution in [-0.4, -0.2) is 23.7 Å². The van der Waals surface area contributed by atoms with Crippen LogP contribution in [0.25, 0.3) is 0 Å². The largest absolute Gasteiger partial charge is 0.391 e. The molecule has 1 aromatic carbocycles. The predicted octanol–water partition coefficient (Wildman–Crippen LogP) is 2.53.